The van der Waals surface area contributed by atoms with Crippen LogP contribution in [0.25, 0.3) is 22.7 Å². The van der Waals surface area contributed by atoms with Gasteiger partial charge >= 0.3 is 6.03 Å². The number of para-hydroxylation sites is 1. The van der Waals surface area contributed by atoms with Gasteiger partial charge in [0.25, 0.3) is 0 Å². The van der Waals surface area contributed by atoms with Crippen LogP contribution in [0.1, 0.15) is 0 Å². The van der Waals surface area contributed by atoms with Gasteiger partial charge in [-0.25, -0.2) is 4.79 Å². The topological polar surface area (TPSA) is 73.0 Å². The average molecular weight is 330 g/mol. The highest BCUT2D eigenvalue weighted by Crippen LogP contribution is 2.25. The number of aromatic nitrogens is 3. The van der Waals surface area contributed by atoms with Crippen molar-refractivity contribution in [1.82, 2.24) is 14.9 Å². The zero-order chi connectivity index (χ0) is 17.1. The molecule has 6 heteroatoms. The van der Waals surface area contributed by atoms with Crippen LogP contribution in [0.3, 0.4) is 0 Å². The van der Waals surface area contributed by atoms with Crippen molar-refractivity contribution in [3.63, 3.8) is 0 Å². The second kappa shape index (κ2) is 6.45. The Morgan fingerprint density at radius 2 is 1.68 bits per heavy atom. The highest BCUT2D eigenvalue weighted by molar-refractivity contribution is 5.92. The molecule has 0 aliphatic carbocycles. The summed E-state index contributed by atoms with van der Waals surface area (Å²) in [5.41, 5.74) is 2.86. The van der Waals surface area contributed by atoms with Crippen molar-refractivity contribution in [2.45, 2.75) is 0 Å². The van der Waals surface area contributed by atoms with Gasteiger partial charge in [-0.15, -0.1) is 0 Å². The minimum absolute atomic E-state index is 0.371. The normalized spacial score (nSPS) is 10.6. The Bertz CT molecular complexity index is 990. The van der Waals surface area contributed by atoms with Gasteiger partial charge < -0.3 is 9.84 Å². The van der Waals surface area contributed by atoms with E-state index in [4.69, 9.17) is 4.52 Å². The number of nitrogens with one attached hydrogen (secondary N) is 1. The quantitative estimate of drug-likeness (QED) is 0.608. The molecule has 0 radical (unpaired) electrons. The minimum atomic E-state index is -0.371. The zero-order valence-corrected chi connectivity index (χ0v) is 13.2. The SMILES string of the molecule is O=C(Nc1ccccc1)n1nccc1-c1cc(-c2ccccc2)no1. The van der Waals surface area contributed by atoms with E-state index in [-0.39, 0.29) is 6.03 Å². The minimum Gasteiger partial charge on any atom is -0.354 e. The van der Waals surface area contributed by atoms with Crippen LogP contribution in [-0.4, -0.2) is 21.0 Å². The molecule has 0 unspecified atom stereocenters. The van der Waals surface area contributed by atoms with Crippen molar-refractivity contribution in [3.8, 4) is 22.7 Å². The van der Waals surface area contributed by atoms with Crippen molar-refractivity contribution in [1.29, 1.82) is 0 Å². The number of carbonyl (C=O) groups excluding carboxylic acids is 1. The summed E-state index contributed by atoms with van der Waals surface area (Å²) in [4.78, 5) is 12.5. The number of nitrogens with zero attached hydrogens (tertiary/aromatic N) is 3. The fourth-order valence-electron chi connectivity index (χ4n) is 2.49. The van der Waals surface area contributed by atoms with Gasteiger partial charge in [0.1, 0.15) is 11.4 Å². The maximum Gasteiger partial charge on any atom is 0.347 e. The van der Waals surface area contributed by atoms with Gasteiger partial charge in [-0.3, -0.25) is 0 Å². The van der Waals surface area contributed by atoms with Crippen LogP contribution in [0.5, 0.6) is 0 Å². The van der Waals surface area contributed by atoms with E-state index in [0.717, 1.165) is 5.56 Å². The number of benzene rings is 2. The zero-order valence-electron chi connectivity index (χ0n) is 13.2. The van der Waals surface area contributed by atoms with Gasteiger partial charge in [0.2, 0.25) is 0 Å². The van der Waals surface area contributed by atoms with Gasteiger partial charge in [0, 0.05) is 17.3 Å². The smallest absolute Gasteiger partial charge is 0.347 e. The van der Waals surface area contributed by atoms with Crippen molar-refractivity contribution < 1.29 is 9.32 Å². The van der Waals surface area contributed by atoms with E-state index in [0.29, 0.717) is 22.8 Å². The number of hydrogen-bond donors (Lipinski definition) is 1. The first-order valence-corrected chi connectivity index (χ1v) is 7.74. The van der Waals surface area contributed by atoms with Crippen molar-refractivity contribution in [3.05, 3.63) is 79.0 Å². The van der Waals surface area contributed by atoms with Gasteiger partial charge in [0.05, 0.1) is 6.20 Å². The number of hydrogen-bond acceptors (Lipinski definition) is 4. The lowest BCUT2D eigenvalue weighted by Gasteiger charge is -2.06. The number of rotatable bonds is 3. The third-order valence-corrected chi connectivity index (χ3v) is 3.69. The van der Waals surface area contributed by atoms with E-state index in [9.17, 15) is 4.79 Å². The summed E-state index contributed by atoms with van der Waals surface area (Å²) >= 11 is 0. The average Bonchev–Trinajstić information content (AvgIpc) is 3.32. The third kappa shape index (κ3) is 3.05. The molecule has 0 bridgehead atoms. The molecule has 122 valence electrons. The molecule has 2 heterocycles. The summed E-state index contributed by atoms with van der Waals surface area (Å²) < 4.78 is 6.67. The van der Waals surface area contributed by atoms with Gasteiger partial charge in [-0.1, -0.05) is 53.7 Å². The fourth-order valence-corrected chi connectivity index (χ4v) is 2.49. The standard InChI is InChI=1S/C19H14N4O2/c24-19(21-15-9-5-2-6-10-15)23-17(11-12-20-23)18-13-16(22-25-18)14-7-3-1-4-8-14/h1-13H,(H,21,24). The predicted molar refractivity (Wildman–Crippen MR) is 94.0 cm³/mol. The van der Waals surface area contributed by atoms with Gasteiger partial charge in [-0.2, -0.15) is 9.78 Å². The van der Waals surface area contributed by atoms with E-state index >= 15 is 0 Å². The van der Waals surface area contributed by atoms with Crippen LogP contribution in [0.2, 0.25) is 0 Å². The largest absolute Gasteiger partial charge is 0.354 e. The first-order valence-electron chi connectivity index (χ1n) is 7.74. The molecular weight excluding hydrogens is 316 g/mol. The molecule has 2 aromatic heterocycles. The van der Waals surface area contributed by atoms with Gasteiger partial charge in [-0.05, 0) is 18.2 Å². The Labute approximate surface area is 143 Å². The molecule has 1 N–H and O–H groups in total. The van der Waals surface area contributed by atoms with Gasteiger partial charge in [0.15, 0.2) is 5.76 Å². The maximum atomic E-state index is 12.5. The molecule has 4 aromatic rings. The van der Waals surface area contributed by atoms with Crippen molar-refractivity contribution in [2.75, 3.05) is 5.32 Å². The third-order valence-electron chi connectivity index (χ3n) is 3.69. The molecule has 0 saturated carbocycles. The van der Waals surface area contributed by atoms with Crippen LogP contribution in [0, 0.1) is 0 Å². The Morgan fingerprint density at radius 1 is 0.960 bits per heavy atom. The molecule has 0 atom stereocenters. The first-order chi connectivity index (χ1) is 12.3. The molecule has 2 aromatic carbocycles. The summed E-state index contributed by atoms with van der Waals surface area (Å²) in [6, 6.07) is 22.0. The second-order valence-electron chi connectivity index (χ2n) is 5.37. The monoisotopic (exact) mass is 330 g/mol. The molecule has 4 rings (SSSR count). The molecular formula is C19H14N4O2. The van der Waals surface area contributed by atoms with E-state index in [1.54, 1.807) is 18.3 Å². The Balaban J connectivity index is 1.62. The molecule has 1 amide bonds. The molecule has 0 aliphatic heterocycles. The second-order valence-corrected chi connectivity index (χ2v) is 5.37. The lowest BCUT2D eigenvalue weighted by Crippen LogP contribution is -2.21. The first kappa shape index (κ1) is 14.9. The van der Waals surface area contributed by atoms with Crippen LogP contribution < -0.4 is 5.32 Å². The molecule has 25 heavy (non-hydrogen) atoms. The summed E-state index contributed by atoms with van der Waals surface area (Å²) in [5.74, 6) is 0.472. The van der Waals surface area contributed by atoms with E-state index in [1.165, 1.54) is 4.68 Å². The predicted octanol–water partition coefficient (Wildman–Crippen LogP) is 4.29. The lowest BCUT2D eigenvalue weighted by atomic mass is 10.1. The van der Waals surface area contributed by atoms with Crippen LogP contribution in [-0.2, 0) is 0 Å². The molecule has 0 aliphatic rings. The van der Waals surface area contributed by atoms with Crippen LogP contribution in [0.15, 0.2) is 83.5 Å². The fraction of sp³-hybridized carbons (Fsp3) is 0. The highest BCUT2D eigenvalue weighted by atomic mass is 16.5. The van der Waals surface area contributed by atoms with Crippen LogP contribution >= 0.6 is 0 Å². The number of amides is 1. The molecule has 0 saturated heterocycles. The highest BCUT2D eigenvalue weighted by Gasteiger charge is 2.17. The van der Waals surface area contributed by atoms with Crippen molar-refractivity contribution in [2.24, 2.45) is 0 Å². The van der Waals surface area contributed by atoms with Crippen molar-refractivity contribution >= 4 is 11.7 Å². The summed E-state index contributed by atoms with van der Waals surface area (Å²) in [6.07, 6.45) is 1.55. The molecule has 6 nitrogen and oxygen atoms in total. The van der Waals surface area contributed by atoms with E-state index < -0.39 is 0 Å². The van der Waals surface area contributed by atoms with E-state index in [2.05, 4.69) is 15.6 Å². The Kier molecular flexibility index (Phi) is 3.84. The van der Waals surface area contributed by atoms with E-state index in [1.807, 2.05) is 60.7 Å². The Morgan fingerprint density at radius 3 is 2.44 bits per heavy atom. The summed E-state index contributed by atoms with van der Waals surface area (Å²) in [7, 11) is 0. The van der Waals surface area contributed by atoms with Crippen LogP contribution in [0.4, 0.5) is 10.5 Å². The maximum absolute atomic E-state index is 12.5. The molecule has 0 spiro atoms. The number of carbonyl (C=O) groups is 1. The lowest BCUT2D eigenvalue weighted by molar-refractivity contribution is 0.251. The Hall–Kier alpha value is -3.67. The molecule has 0 fully saturated rings. The number of anilines is 1. The summed E-state index contributed by atoms with van der Waals surface area (Å²) in [5, 5.41) is 11.0. The summed E-state index contributed by atoms with van der Waals surface area (Å²) in [6.45, 7) is 0.